The van der Waals surface area contributed by atoms with Crippen LogP contribution in [0.5, 0.6) is 0 Å². The molecule has 8 heteroatoms. The summed E-state index contributed by atoms with van der Waals surface area (Å²) in [5.74, 6) is 2.29. The van der Waals surface area contributed by atoms with Crippen molar-refractivity contribution in [3.05, 3.63) is 24.5 Å². The number of nitrogen functional groups attached to an aromatic ring is 1. The standard InChI is InChI=1S/C15H22N6OS/c1-3-15(4-2)11-20(8-9-23(15)22)12-10-13(19-14(16)18-12)21-7-5-6-17-21/h5-7,10H,3-4,8-9,11H2,1-2H3,(H2,16,18,19). The number of aromatic nitrogens is 4. The molecule has 2 aromatic heterocycles. The average molecular weight is 334 g/mol. The van der Waals surface area contributed by atoms with Crippen molar-refractivity contribution in [3.8, 4) is 5.82 Å². The molecule has 0 radical (unpaired) electrons. The molecule has 23 heavy (non-hydrogen) atoms. The Balaban J connectivity index is 1.94. The van der Waals surface area contributed by atoms with Crippen LogP contribution in [-0.4, -0.2) is 47.5 Å². The van der Waals surface area contributed by atoms with Gasteiger partial charge >= 0.3 is 0 Å². The van der Waals surface area contributed by atoms with E-state index in [9.17, 15) is 4.21 Å². The first kappa shape index (κ1) is 15.9. The summed E-state index contributed by atoms with van der Waals surface area (Å²) in [6, 6.07) is 3.72. The lowest BCUT2D eigenvalue weighted by Crippen LogP contribution is -2.53. The first-order valence-electron chi connectivity index (χ1n) is 7.86. The molecule has 0 aromatic carbocycles. The minimum Gasteiger partial charge on any atom is -0.368 e. The summed E-state index contributed by atoms with van der Waals surface area (Å²) in [7, 11) is -0.805. The number of anilines is 2. The van der Waals surface area contributed by atoms with Crippen LogP contribution in [0.15, 0.2) is 24.5 Å². The van der Waals surface area contributed by atoms with Gasteiger partial charge in [-0.05, 0) is 18.9 Å². The molecule has 1 aliphatic rings. The summed E-state index contributed by atoms with van der Waals surface area (Å²) in [5.41, 5.74) is 5.88. The molecule has 1 unspecified atom stereocenters. The summed E-state index contributed by atoms with van der Waals surface area (Å²) >= 11 is 0. The van der Waals surface area contributed by atoms with Crippen LogP contribution in [0.25, 0.3) is 5.82 Å². The summed E-state index contributed by atoms with van der Waals surface area (Å²) in [6.45, 7) is 5.65. The number of hydrogen-bond acceptors (Lipinski definition) is 6. The van der Waals surface area contributed by atoms with E-state index in [2.05, 4.69) is 33.8 Å². The number of rotatable bonds is 4. The lowest BCUT2D eigenvalue weighted by Gasteiger charge is -2.41. The fourth-order valence-corrected chi connectivity index (χ4v) is 4.79. The summed E-state index contributed by atoms with van der Waals surface area (Å²) in [5, 5.41) is 4.19. The van der Waals surface area contributed by atoms with Crippen molar-refractivity contribution in [1.29, 1.82) is 0 Å². The van der Waals surface area contributed by atoms with Gasteiger partial charge in [-0.2, -0.15) is 15.1 Å². The largest absolute Gasteiger partial charge is 0.368 e. The van der Waals surface area contributed by atoms with Crippen LogP contribution in [0.3, 0.4) is 0 Å². The van der Waals surface area contributed by atoms with E-state index in [1.807, 2.05) is 18.3 Å². The van der Waals surface area contributed by atoms with Crippen LogP contribution in [0.2, 0.25) is 0 Å². The topological polar surface area (TPSA) is 89.9 Å². The van der Waals surface area contributed by atoms with Crippen molar-refractivity contribution in [2.75, 3.05) is 29.5 Å². The predicted octanol–water partition coefficient (Wildman–Crippen LogP) is 1.37. The van der Waals surface area contributed by atoms with Crippen LogP contribution in [0.4, 0.5) is 11.8 Å². The molecular weight excluding hydrogens is 312 g/mol. The van der Waals surface area contributed by atoms with Gasteiger partial charge in [0.15, 0.2) is 5.82 Å². The zero-order valence-electron chi connectivity index (χ0n) is 13.5. The molecule has 0 aliphatic carbocycles. The number of hydrogen-bond donors (Lipinski definition) is 1. The van der Waals surface area contributed by atoms with E-state index in [-0.39, 0.29) is 10.7 Å². The van der Waals surface area contributed by atoms with Crippen molar-refractivity contribution < 1.29 is 4.21 Å². The van der Waals surface area contributed by atoms with Gasteiger partial charge in [-0.3, -0.25) is 4.21 Å². The second kappa shape index (κ2) is 6.27. The van der Waals surface area contributed by atoms with Gasteiger partial charge < -0.3 is 10.6 Å². The number of nitrogens with zero attached hydrogens (tertiary/aromatic N) is 5. The van der Waals surface area contributed by atoms with E-state index in [0.29, 0.717) is 18.1 Å². The average Bonchev–Trinajstić information content (AvgIpc) is 3.09. The van der Waals surface area contributed by atoms with Crippen LogP contribution in [0, 0.1) is 0 Å². The van der Waals surface area contributed by atoms with Crippen LogP contribution >= 0.6 is 0 Å². The monoisotopic (exact) mass is 334 g/mol. The highest BCUT2D eigenvalue weighted by Crippen LogP contribution is 2.31. The van der Waals surface area contributed by atoms with Crippen LogP contribution in [0.1, 0.15) is 26.7 Å². The van der Waals surface area contributed by atoms with Gasteiger partial charge in [-0.1, -0.05) is 13.8 Å². The Morgan fingerprint density at radius 1 is 1.30 bits per heavy atom. The maximum Gasteiger partial charge on any atom is 0.224 e. The molecule has 2 aromatic rings. The Bertz CT molecular complexity index is 698. The molecule has 2 N–H and O–H groups in total. The highest BCUT2D eigenvalue weighted by atomic mass is 32.2. The molecule has 1 fully saturated rings. The molecule has 1 atom stereocenters. The first-order valence-corrected chi connectivity index (χ1v) is 9.18. The van der Waals surface area contributed by atoms with E-state index in [1.54, 1.807) is 10.9 Å². The Morgan fingerprint density at radius 3 is 2.70 bits per heavy atom. The number of nitrogens with two attached hydrogens (primary N) is 1. The van der Waals surface area contributed by atoms with Crippen LogP contribution < -0.4 is 10.6 Å². The maximum absolute atomic E-state index is 12.5. The Hall–Kier alpha value is -1.96. The third-order valence-electron chi connectivity index (χ3n) is 4.58. The Labute approximate surface area is 138 Å². The molecule has 7 nitrogen and oxygen atoms in total. The van der Waals surface area contributed by atoms with Crippen LogP contribution in [-0.2, 0) is 10.8 Å². The van der Waals surface area contributed by atoms with Gasteiger partial charge in [-0.25, -0.2) is 4.68 Å². The fraction of sp³-hybridized carbons (Fsp3) is 0.533. The van der Waals surface area contributed by atoms with E-state index in [4.69, 9.17) is 5.73 Å². The smallest absolute Gasteiger partial charge is 0.224 e. The lowest BCUT2D eigenvalue weighted by molar-refractivity contribution is 0.494. The second-order valence-corrected chi connectivity index (χ2v) is 7.72. The van der Waals surface area contributed by atoms with Crippen molar-refractivity contribution in [2.45, 2.75) is 31.4 Å². The lowest BCUT2D eigenvalue weighted by atomic mass is 10.0. The third-order valence-corrected chi connectivity index (χ3v) is 6.80. The molecule has 0 saturated carbocycles. The normalized spacial score (nSPS) is 20.6. The highest BCUT2D eigenvalue weighted by Gasteiger charge is 2.39. The summed E-state index contributed by atoms with van der Waals surface area (Å²) in [4.78, 5) is 10.8. The minimum absolute atomic E-state index is 0.177. The molecule has 0 bridgehead atoms. The quantitative estimate of drug-likeness (QED) is 0.908. The SMILES string of the molecule is CCC1(CC)CN(c2cc(-n3cccn3)nc(N)n2)CCS1=O. The van der Waals surface area contributed by atoms with Gasteiger partial charge in [0.2, 0.25) is 5.95 Å². The van der Waals surface area contributed by atoms with E-state index in [1.165, 1.54) is 0 Å². The molecular formula is C15H22N6OS. The van der Waals surface area contributed by atoms with Gasteiger partial charge in [0, 0.05) is 48.1 Å². The zero-order valence-corrected chi connectivity index (χ0v) is 14.3. The van der Waals surface area contributed by atoms with E-state index < -0.39 is 10.8 Å². The molecule has 124 valence electrons. The predicted molar refractivity (Wildman–Crippen MR) is 92.1 cm³/mol. The van der Waals surface area contributed by atoms with Gasteiger partial charge in [0.1, 0.15) is 5.82 Å². The molecule has 3 heterocycles. The fourth-order valence-electron chi connectivity index (χ4n) is 3.02. The molecule has 0 amide bonds. The molecule has 0 spiro atoms. The van der Waals surface area contributed by atoms with Crippen molar-refractivity contribution in [1.82, 2.24) is 19.7 Å². The minimum atomic E-state index is -0.805. The highest BCUT2D eigenvalue weighted by molar-refractivity contribution is 7.86. The van der Waals surface area contributed by atoms with Crippen molar-refractivity contribution in [3.63, 3.8) is 0 Å². The van der Waals surface area contributed by atoms with E-state index >= 15 is 0 Å². The first-order chi connectivity index (χ1) is 11.1. The second-order valence-electron chi connectivity index (χ2n) is 5.75. The Morgan fingerprint density at radius 2 is 2.04 bits per heavy atom. The zero-order chi connectivity index (χ0) is 16.4. The van der Waals surface area contributed by atoms with Gasteiger partial charge in [0.25, 0.3) is 0 Å². The molecule has 3 rings (SSSR count). The van der Waals surface area contributed by atoms with Gasteiger partial charge in [-0.15, -0.1) is 0 Å². The van der Waals surface area contributed by atoms with Gasteiger partial charge in [0.05, 0.1) is 4.75 Å². The molecule has 1 saturated heterocycles. The summed E-state index contributed by atoms with van der Waals surface area (Å²) < 4.78 is 14.0. The summed E-state index contributed by atoms with van der Waals surface area (Å²) in [6.07, 6.45) is 5.29. The van der Waals surface area contributed by atoms with Crippen molar-refractivity contribution >= 4 is 22.6 Å². The van der Waals surface area contributed by atoms with Crippen molar-refractivity contribution in [2.24, 2.45) is 0 Å². The third kappa shape index (κ3) is 2.95. The van der Waals surface area contributed by atoms with E-state index in [0.717, 1.165) is 25.2 Å². The Kier molecular flexibility index (Phi) is 4.34. The maximum atomic E-state index is 12.5. The molecule has 1 aliphatic heterocycles.